The van der Waals surface area contributed by atoms with Crippen LogP contribution in [0.5, 0.6) is 0 Å². The molecule has 3 amide bonds. The number of thiophene rings is 1. The molecule has 2 heterocycles. The summed E-state index contributed by atoms with van der Waals surface area (Å²) < 4.78 is 0. The summed E-state index contributed by atoms with van der Waals surface area (Å²) in [5, 5.41) is 3.68. The standard InChI is InChI=1S/C14H9NO3S/c16-12(7-9-5-6-19-8-9)15-13(17)10-3-1-2-4-11(10)14(15)18/h1-6,8H,7H2. The Labute approximate surface area is 113 Å². The van der Waals surface area contributed by atoms with Crippen molar-refractivity contribution in [2.45, 2.75) is 6.42 Å². The van der Waals surface area contributed by atoms with Gasteiger partial charge in [-0.15, -0.1) is 0 Å². The minimum absolute atomic E-state index is 0.0645. The van der Waals surface area contributed by atoms with Gasteiger partial charge in [0.05, 0.1) is 17.5 Å². The van der Waals surface area contributed by atoms with Gasteiger partial charge < -0.3 is 0 Å². The third-order valence-electron chi connectivity index (χ3n) is 2.98. The van der Waals surface area contributed by atoms with Crippen LogP contribution in [0.3, 0.4) is 0 Å². The molecule has 0 bridgehead atoms. The van der Waals surface area contributed by atoms with E-state index in [1.807, 2.05) is 10.8 Å². The first kappa shape index (κ1) is 11.8. The van der Waals surface area contributed by atoms with Crippen LogP contribution in [0, 0.1) is 0 Å². The van der Waals surface area contributed by atoms with Crippen LogP contribution in [0.15, 0.2) is 41.1 Å². The lowest BCUT2D eigenvalue weighted by atomic mass is 10.1. The molecule has 0 saturated heterocycles. The second-order valence-electron chi connectivity index (χ2n) is 4.19. The summed E-state index contributed by atoms with van der Waals surface area (Å²) >= 11 is 1.47. The zero-order chi connectivity index (χ0) is 13.4. The van der Waals surface area contributed by atoms with Crippen LogP contribution in [0.1, 0.15) is 26.3 Å². The van der Waals surface area contributed by atoms with E-state index < -0.39 is 17.7 Å². The van der Waals surface area contributed by atoms with E-state index in [1.165, 1.54) is 11.3 Å². The number of amides is 3. The summed E-state index contributed by atoms with van der Waals surface area (Å²) in [5.41, 5.74) is 1.41. The lowest BCUT2D eigenvalue weighted by Crippen LogP contribution is -2.37. The van der Waals surface area contributed by atoms with E-state index in [2.05, 4.69) is 0 Å². The van der Waals surface area contributed by atoms with Crippen molar-refractivity contribution in [2.24, 2.45) is 0 Å². The van der Waals surface area contributed by atoms with Crippen molar-refractivity contribution in [3.63, 3.8) is 0 Å². The average Bonchev–Trinajstić information content (AvgIpc) is 2.99. The molecule has 0 spiro atoms. The third kappa shape index (κ3) is 1.88. The number of hydrogen-bond acceptors (Lipinski definition) is 4. The minimum atomic E-state index is -0.527. The van der Waals surface area contributed by atoms with Gasteiger partial charge in [-0.1, -0.05) is 12.1 Å². The molecule has 1 aliphatic rings. The zero-order valence-corrected chi connectivity index (χ0v) is 10.6. The van der Waals surface area contributed by atoms with Crippen LogP contribution < -0.4 is 0 Å². The van der Waals surface area contributed by atoms with Gasteiger partial charge in [0.2, 0.25) is 5.91 Å². The molecule has 0 atom stereocenters. The second kappa shape index (κ2) is 4.44. The van der Waals surface area contributed by atoms with Crippen LogP contribution in [0.4, 0.5) is 0 Å². The first-order valence-electron chi connectivity index (χ1n) is 5.70. The van der Waals surface area contributed by atoms with Crippen LogP contribution in [0.2, 0.25) is 0 Å². The fourth-order valence-electron chi connectivity index (χ4n) is 2.06. The van der Waals surface area contributed by atoms with E-state index in [1.54, 1.807) is 30.3 Å². The number of imide groups is 3. The van der Waals surface area contributed by atoms with Gasteiger partial charge in [0.1, 0.15) is 0 Å². The Morgan fingerprint density at radius 2 is 1.68 bits per heavy atom. The van der Waals surface area contributed by atoms with Crippen molar-refractivity contribution < 1.29 is 14.4 Å². The molecule has 19 heavy (non-hydrogen) atoms. The molecular formula is C14H9NO3S. The lowest BCUT2D eigenvalue weighted by Gasteiger charge is -2.10. The van der Waals surface area contributed by atoms with Crippen molar-refractivity contribution >= 4 is 29.1 Å². The fraction of sp³-hybridized carbons (Fsp3) is 0.0714. The fourth-order valence-corrected chi connectivity index (χ4v) is 2.73. The quantitative estimate of drug-likeness (QED) is 0.786. The van der Waals surface area contributed by atoms with E-state index in [4.69, 9.17) is 0 Å². The normalized spacial score (nSPS) is 13.8. The maximum atomic E-state index is 12.1. The molecule has 0 fully saturated rings. The monoisotopic (exact) mass is 271 g/mol. The average molecular weight is 271 g/mol. The summed E-state index contributed by atoms with van der Waals surface area (Å²) in [6, 6.07) is 8.29. The molecule has 0 unspecified atom stereocenters. The van der Waals surface area contributed by atoms with Crippen molar-refractivity contribution in [3.8, 4) is 0 Å². The van der Waals surface area contributed by atoms with Gasteiger partial charge in [0, 0.05) is 0 Å². The van der Waals surface area contributed by atoms with Crippen LogP contribution in [-0.2, 0) is 11.2 Å². The number of benzene rings is 1. The first-order chi connectivity index (χ1) is 9.18. The van der Waals surface area contributed by atoms with Gasteiger partial charge in [0.25, 0.3) is 11.8 Å². The predicted molar refractivity (Wildman–Crippen MR) is 70.0 cm³/mol. The van der Waals surface area contributed by atoms with E-state index in [9.17, 15) is 14.4 Å². The maximum absolute atomic E-state index is 12.1. The van der Waals surface area contributed by atoms with E-state index >= 15 is 0 Å². The number of nitrogens with zero attached hydrogens (tertiary/aromatic N) is 1. The first-order valence-corrected chi connectivity index (χ1v) is 6.64. The van der Waals surface area contributed by atoms with E-state index in [0.29, 0.717) is 11.1 Å². The number of hydrogen-bond donors (Lipinski definition) is 0. The summed E-state index contributed by atoms with van der Waals surface area (Å²) in [6.07, 6.45) is 0.0645. The highest BCUT2D eigenvalue weighted by Gasteiger charge is 2.39. The molecule has 5 heteroatoms. The number of fused-ring (bicyclic) bond motifs is 1. The van der Waals surface area contributed by atoms with Gasteiger partial charge in [-0.2, -0.15) is 11.3 Å². The predicted octanol–water partition coefficient (Wildman–Crippen LogP) is 2.11. The van der Waals surface area contributed by atoms with Crippen LogP contribution in [0.25, 0.3) is 0 Å². The van der Waals surface area contributed by atoms with Crippen molar-refractivity contribution in [2.75, 3.05) is 0 Å². The van der Waals surface area contributed by atoms with E-state index in [0.717, 1.165) is 10.5 Å². The highest BCUT2D eigenvalue weighted by molar-refractivity contribution is 7.08. The molecule has 0 radical (unpaired) electrons. The molecule has 1 aromatic heterocycles. The Kier molecular flexibility index (Phi) is 2.76. The summed E-state index contributed by atoms with van der Waals surface area (Å²) in [5.74, 6) is -1.54. The van der Waals surface area contributed by atoms with Crippen molar-refractivity contribution in [3.05, 3.63) is 57.8 Å². The smallest absolute Gasteiger partial charge is 0.268 e. The molecule has 1 aliphatic heterocycles. The second-order valence-corrected chi connectivity index (χ2v) is 4.97. The Bertz CT molecular complexity index is 641. The van der Waals surface area contributed by atoms with Crippen LogP contribution in [-0.4, -0.2) is 22.6 Å². The van der Waals surface area contributed by atoms with Gasteiger partial charge in [-0.25, -0.2) is 4.90 Å². The lowest BCUT2D eigenvalue weighted by molar-refractivity contribution is -0.125. The van der Waals surface area contributed by atoms with Crippen molar-refractivity contribution in [1.29, 1.82) is 0 Å². The Hall–Kier alpha value is -2.27. The largest absolute Gasteiger partial charge is 0.274 e. The number of rotatable bonds is 2. The van der Waals surface area contributed by atoms with E-state index in [-0.39, 0.29) is 6.42 Å². The number of carbonyl (C=O) groups is 3. The third-order valence-corrected chi connectivity index (χ3v) is 3.71. The van der Waals surface area contributed by atoms with Gasteiger partial charge >= 0.3 is 0 Å². The molecule has 0 saturated carbocycles. The highest BCUT2D eigenvalue weighted by Crippen LogP contribution is 2.23. The Morgan fingerprint density at radius 1 is 1.05 bits per heavy atom. The molecule has 0 N–H and O–H groups in total. The Morgan fingerprint density at radius 3 is 2.21 bits per heavy atom. The zero-order valence-electron chi connectivity index (χ0n) is 9.83. The highest BCUT2D eigenvalue weighted by atomic mass is 32.1. The Balaban J connectivity index is 1.90. The molecule has 3 rings (SSSR count). The SMILES string of the molecule is O=C(Cc1ccsc1)N1C(=O)c2ccccc2C1=O. The topological polar surface area (TPSA) is 54.5 Å². The molecule has 1 aromatic carbocycles. The van der Waals surface area contributed by atoms with Gasteiger partial charge in [0.15, 0.2) is 0 Å². The molecule has 4 nitrogen and oxygen atoms in total. The van der Waals surface area contributed by atoms with Gasteiger partial charge in [-0.05, 0) is 34.5 Å². The van der Waals surface area contributed by atoms with Crippen LogP contribution >= 0.6 is 11.3 Å². The summed E-state index contributed by atoms with van der Waals surface area (Å²) in [6.45, 7) is 0. The van der Waals surface area contributed by atoms with Crippen molar-refractivity contribution in [1.82, 2.24) is 4.90 Å². The molecule has 0 aliphatic carbocycles. The summed E-state index contributed by atoms with van der Waals surface area (Å²) in [4.78, 5) is 37.0. The molecular weight excluding hydrogens is 262 g/mol. The molecule has 2 aromatic rings. The molecule has 94 valence electrons. The number of carbonyl (C=O) groups excluding carboxylic acids is 3. The maximum Gasteiger partial charge on any atom is 0.268 e. The minimum Gasteiger partial charge on any atom is -0.274 e. The van der Waals surface area contributed by atoms with Gasteiger partial charge in [-0.3, -0.25) is 14.4 Å². The summed E-state index contributed by atoms with van der Waals surface area (Å²) in [7, 11) is 0.